The van der Waals surface area contributed by atoms with Crippen molar-refractivity contribution in [1.29, 1.82) is 0 Å². The minimum Gasteiger partial charge on any atom is -0.468 e. The van der Waals surface area contributed by atoms with Gasteiger partial charge in [-0.3, -0.25) is 14.4 Å². The Morgan fingerprint density at radius 3 is 2.47 bits per heavy atom. The highest BCUT2D eigenvalue weighted by atomic mass is 35.5. The molecule has 2 heterocycles. The number of fused-ring (bicyclic) bond motifs is 2. The Morgan fingerprint density at radius 1 is 1.14 bits per heavy atom. The van der Waals surface area contributed by atoms with E-state index in [-0.39, 0.29) is 24.2 Å². The molecule has 8 nitrogen and oxygen atoms in total. The molecule has 0 aliphatic heterocycles. The highest BCUT2D eigenvalue weighted by Crippen LogP contribution is 2.52. The SMILES string of the molecule is COCCCC(C(=O)OC)(C(=O)OC)[C@@H]1C2C=CC=CC2C[C@H]1NC(=O)c1cc2sc(Cl)c(Cl)c2[nH]1. The van der Waals surface area contributed by atoms with Crippen molar-refractivity contribution in [3.63, 3.8) is 0 Å². The van der Waals surface area contributed by atoms with Crippen LogP contribution in [0.5, 0.6) is 0 Å². The number of halogens is 2. The fourth-order valence-corrected chi connectivity index (χ4v) is 7.18. The average molecular weight is 555 g/mol. The molecule has 1 amide bonds. The first kappa shape index (κ1) is 26.7. The van der Waals surface area contributed by atoms with Gasteiger partial charge in [0, 0.05) is 25.7 Å². The summed E-state index contributed by atoms with van der Waals surface area (Å²) in [6, 6.07) is 1.18. The second-order valence-corrected chi connectivity index (χ2v) is 11.0. The molecule has 194 valence electrons. The first-order valence-electron chi connectivity index (χ1n) is 11.6. The van der Waals surface area contributed by atoms with Gasteiger partial charge in [0.25, 0.3) is 5.91 Å². The third-order valence-electron chi connectivity index (χ3n) is 7.19. The van der Waals surface area contributed by atoms with Crippen LogP contribution in [0.2, 0.25) is 9.36 Å². The Hall–Kier alpha value is -2.33. The van der Waals surface area contributed by atoms with E-state index in [1.54, 1.807) is 13.2 Å². The van der Waals surface area contributed by atoms with E-state index in [4.69, 9.17) is 37.4 Å². The summed E-state index contributed by atoms with van der Waals surface area (Å²) < 4.78 is 16.8. The molecule has 4 rings (SSSR count). The molecule has 0 bridgehead atoms. The molecule has 2 aliphatic rings. The molecular weight excluding hydrogens is 527 g/mol. The maximum Gasteiger partial charge on any atom is 0.323 e. The molecule has 2 N–H and O–H groups in total. The van der Waals surface area contributed by atoms with Gasteiger partial charge in [0.2, 0.25) is 0 Å². The normalized spacial score (nSPS) is 23.0. The van der Waals surface area contributed by atoms with Crippen molar-refractivity contribution in [1.82, 2.24) is 10.3 Å². The number of hydrogen-bond acceptors (Lipinski definition) is 7. The fraction of sp³-hybridized carbons (Fsp3) is 0.480. The van der Waals surface area contributed by atoms with Crippen LogP contribution in [0.3, 0.4) is 0 Å². The lowest BCUT2D eigenvalue weighted by molar-refractivity contribution is -0.176. The molecule has 0 radical (unpaired) electrons. The summed E-state index contributed by atoms with van der Waals surface area (Å²) in [5, 5.41) is 3.45. The van der Waals surface area contributed by atoms with Crippen molar-refractivity contribution in [3.05, 3.63) is 45.4 Å². The molecule has 1 fully saturated rings. The molecule has 2 aromatic rings. The number of esters is 2. The molecule has 1 saturated carbocycles. The van der Waals surface area contributed by atoms with Gasteiger partial charge in [-0.05, 0) is 37.2 Å². The monoisotopic (exact) mass is 554 g/mol. The third kappa shape index (κ3) is 4.58. The van der Waals surface area contributed by atoms with Gasteiger partial charge in [-0.25, -0.2) is 0 Å². The van der Waals surface area contributed by atoms with E-state index < -0.39 is 29.3 Å². The highest BCUT2D eigenvalue weighted by molar-refractivity contribution is 7.23. The van der Waals surface area contributed by atoms with Gasteiger partial charge in [0.15, 0.2) is 5.41 Å². The van der Waals surface area contributed by atoms with Crippen molar-refractivity contribution in [3.8, 4) is 0 Å². The zero-order chi connectivity index (χ0) is 26.0. The summed E-state index contributed by atoms with van der Waals surface area (Å²) >= 11 is 13.6. The first-order chi connectivity index (χ1) is 17.3. The van der Waals surface area contributed by atoms with Crippen LogP contribution in [0.15, 0.2) is 30.4 Å². The molecular formula is C25H28Cl2N2O6S. The second-order valence-electron chi connectivity index (χ2n) is 9.02. The smallest absolute Gasteiger partial charge is 0.323 e. The van der Waals surface area contributed by atoms with E-state index in [2.05, 4.69) is 10.3 Å². The lowest BCUT2D eigenvalue weighted by Gasteiger charge is -2.40. The minimum atomic E-state index is -1.62. The lowest BCUT2D eigenvalue weighted by Crippen LogP contribution is -2.55. The predicted molar refractivity (Wildman–Crippen MR) is 138 cm³/mol. The van der Waals surface area contributed by atoms with Gasteiger partial charge in [0.05, 0.1) is 29.5 Å². The molecule has 11 heteroatoms. The molecule has 2 unspecified atom stereocenters. The van der Waals surface area contributed by atoms with Gasteiger partial charge in [0.1, 0.15) is 10.0 Å². The van der Waals surface area contributed by atoms with E-state index in [0.29, 0.717) is 40.0 Å². The van der Waals surface area contributed by atoms with Crippen LogP contribution in [0, 0.1) is 23.2 Å². The van der Waals surface area contributed by atoms with Crippen LogP contribution >= 0.6 is 34.5 Å². The Balaban J connectivity index is 1.73. The number of H-pyrrole nitrogens is 1. The van der Waals surface area contributed by atoms with Crippen LogP contribution in [0.25, 0.3) is 10.2 Å². The number of amides is 1. The largest absolute Gasteiger partial charge is 0.468 e. The van der Waals surface area contributed by atoms with Gasteiger partial charge < -0.3 is 24.5 Å². The van der Waals surface area contributed by atoms with Gasteiger partial charge >= 0.3 is 11.9 Å². The van der Waals surface area contributed by atoms with Crippen LogP contribution in [0.1, 0.15) is 29.8 Å². The van der Waals surface area contributed by atoms with Gasteiger partial charge in [-0.2, -0.15) is 0 Å². The number of carbonyl (C=O) groups excluding carboxylic acids is 3. The second kappa shape index (κ2) is 11.0. The summed E-state index contributed by atoms with van der Waals surface area (Å²) in [5.74, 6) is -2.48. The van der Waals surface area contributed by atoms with E-state index >= 15 is 0 Å². The van der Waals surface area contributed by atoms with E-state index in [1.807, 2.05) is 24.3 Å². The van der Waals surface area contributed by atoms with Crippen molar-refractivity contribution in [2.75, 3.05) is 27.9 Å². The van der Waals surface area contributed by atoms with Crippen LogP contribution in [-0.4, -0.2) is 56.8 Å². The number of methoxy groups -OCH3 is 3. The molecule has 2 aromatic heterocycles. The summed E-state index contributed by atoms with van der Waals surface area (Å²) in [5.41, 5.74) is -0.713. The zero-order valence-electron chi connectivity index (χ0n) is 20.1. The summed E-state index contributed by atoms with van der Waals surface area (Å²) in [7, 11) is 4.07. The van der Waals surface area contributed by atoms with Crippen molar-refractivity contribution in [2.24, 2.45) is 23.2 Å². The Kier molecular flexibility index (Phi) is 8.14. The Morgan fingerprint density at radius 2 is 1.83 bits per heavy atom. The van der Waals surface area contributed by atoms with Crippen LogP contribution in [-0.2, 0) is 23.8 Å². The van der Waals surface area contributed by atoms with Crippen molar-refractivity contribution >= 4 is 62.6 Å². The first-order valence-corrected chi connectivity index (χ1v) is 13.1. The number of ether oxygens (including phenoxy) is 3. The Bertz CT molecular complexity index is 1200. The molecule has 4 atom stereocenters. The minimum absolute atomic E-state index is 0.0294. The third-order valence-corrected chi connectivity index (χ3v) is 9.13. The van der Waals surface area contributed by atoms with E-state index in [0.717, 1.165) is 4.70 Å². The maximum atomic E-state index is 13.4. The fourth-order valence-electron chi connectivity index (χ4n) is 5.69. The quantitative estimate of drug-likeness (QED) is 0.262. The number of rotatable bonds is 9. The van der Waals surface area contributed by atoms with E-state index in [1.165, 1.54) is 25.6 Å². The van der Waals surface area contributed by atoms with Crippen LogP contribution < -0.4 is 5.32 Å². The molecule has 2 aliphatic carbocycles. The standard InChI is InChI=1S/C25H28Cl2N2O6S/c1-33-10-6-9-25(23(31)34-2,24(32)35-3)18-14-8-5-4-7-13(14)11-15(18)29-22(30)16-12-17-20(28-16)19(26)21(27)36-17/h4-5,7-8,12-15,18,28H,6,9-11H2,1-3H3,(H,29,30)/t13?,14?,15-,18-/m1/s1. The summed E-state index contributed by atoms with van der Waals surface area (Å²) in [6.07, 6.45) is 9.01. The maximum absolute atomic E-state index is 13.4. The molecule has 0 spiro atoms. The molecule has 0 aromatic carbocycles. The molecule has 36 heavy (non-hydrogen) atoms. The Labute approximate surface area is 222 Å². The number of hydrogen-bond donors (Lipinski definition) is 2. The number of nitrogens with one attached hydrogen (secondary N) is 2. The van der Waals surface area contributed by atoms with Crippen molar-refractivity contribution < 1.29 is 28.6 Å². The van der Waals surface area contributed by atoms with Crippen LogP contribution in [0.4, 0.5) is 0 Å². The van der Waals surface area contributed by atoms with Gasteiger partial charge in [-0.1, -0.05) is 47.5 Å². The number of aromatic amines is 1. The van der Waals surface area contributed by atoms with Gasteiger partial charge in [-0.15, -0.1) is 11.3 Å². The summed E-state index contributed by atoms with van der Waals surface area (Å²) in [6.45, 7) is 0.353. The lowest BCUT2D eigenvalue weighted by atomic mass is 9.65. The van der Waals surface area contributed by atoms with E-state index in [9.17, 15) is 14.4 Å². The number of allylic oxidation sites excluding steroid dienone is 4. The predicted octanol–water partition coefficient (Wildman–Crippen LogP) is 4.77. The number of thiophene rings is 1. The highest BCUT2D eigenvalue weighted by Gasteiger charge is 2.62. The average Bonchev–Trinajstić information content (AvgIpc) is 3.53. The number of aromatic nitrogens is 1. The summed E-state index contributed by atoms with van der Waals surface area (Å²) in [4.78, 5) is 43.2. The topological polar surface area (TPSA) is 107 Å². The zero-order valence-corrected chi connectivity index (χ0v) is 22.5. The number of carbonyl (C=O) groups is 3. The molecule has 0 saturated heterocycles. The van der Waals surface area contributed by atoms with Crippen molar-refractivity contribution in [2.45, 2.75) is 25.3 Å².